The van der Waals surface area contributed by atoms with Crippen LogP contribution >= 0.6 is 13.5 Å². The molecule has 1 aliphatic carbocycles. The zero-order chi connectivity index (χ0) is 21.4. The second-order valence-electron chi connectivity index (χ2n) is 9.17. The summed E-state index contributed by atoms with van der Waals surface area (Å²) in [5.41, 5.74) is 5.38. The largest absolute Gasteiger partial charge is 0.497 e. The molecule has 5 nitrogen and oxygen atoms in total. The molecule has 0 spiro atoms. The Morgan fingerprint density at radius 1 is 1.19 bits per heavy atom. The maximum atomic E-state index is 13.6. The van der Waals surface area contributed by atoms with E-state index in [1.165, 1.54) is 24.0 Å². The number of nitrogens with zero attached hydrogens (tertiary/aromatic N) is 2. The molecule has 0 aromatic heterocycles. The van der Waals surface area contributed by atoms with Crippen LogP contribution in [0.15, 0.2) is 47.5 Å². The van der Waals surface area contributed by atoms with Crippen molar-refractivity contribution in [2.45, 2.75) is 50.6 Å². The smallest absolute Gasteiger partial charge is 0.231 e. The van der Waals surface area contributed by atoms with Gasteiger partial charge in [0, 0.05) is 17.8 Å². The molecule has 2 aliphatic heterocycles. The number of ether oxygens (including phenoxy) is 1. The van der Waals surface area contributed by atoms with Crippen LogP contribution in [0.1, 0.15) is 60.9 Å². The molecule has 2 heterocycles. The second kappa shape index (κ2) is 9.28. The Labute approximate surface area is 197 Å². The van der Waals surface area contributed by atoms with Crippen LogP contribution in [0, 0.1) is 0 Å². The second-order valence-corrected chi connectivity index (χ2v) is 9.17. The van der Waals surface area contributed by atoms with Crippen LogP contribution in [0.3, 0.4) is 0 Å². The quantitative estimate of drug-likeness (QED) is 0.689. The summed E-state index contributed by atoms with van der Waals surface area (Å²) in [5.74, 6) is 0.972. The minimum absolute atomic E-state index is 0. The van der Waals surface area contributed by atoms with Gasteiger partial charge in [-0.05, 0) is 80.6 Å². The number of benzene rings is 2. The number of aliphatic imine (C=N–C) groups is 1. The molecule has 2 aromatic rings. The summed E-state index contributed by atoms with van der Waals surface area (Å²) < 4.78 is 5.44. The van der Waals surface area contributed by atoms with Crippen LogP contribution < -0.4 is 10.1 Å². The van der Waals surface area contributed by atoms with Crippen LogP contribution in [0.25, 0.3) is 0 Å². The standard InChI is InChI=1S/C26H31N3O2.H2S/c1-18-23-15-21(9-8-20(23)16-27-18)26(10-11-26)25(30)28-24(17-29-12-3-4-13-29)19-6-5-7-22(14-19)31-2;/h5-9,14-15,24H,3-4,10-13,16-17H2,1-2H3,(H,28,30);1H2/t24-;/m1./s1. The molecule has 1 saturated heterocycles. The van der Waals surface area contributed by atoms with Crippen molar-refractivity contribution in [3.63, 3.8) is 0 Å². The molecule has 6 heteroatoms. The number of amides is 1. The van der Waals surface area contributed by atoms with Crippen molar-refractivity contribution in [3.8, 4) is 5.75 Å². The molecule has 3 aliphatic rings. The van der Waals surface area contributed by atoms with Crippen molar-refractivity contribution in [3.05, 3.63) is 64.7 Å². The first-order valence-electron chi connectivity index (χ1n) is 11.4. The van der Waals surface area contributed by atoms with Crippen molar-refractivity contribution >= 4 is 25.1 Å². The van der Waals surface area contributed by atoms with E-state index < -0.39 is 5.41 Å². The third-order valence-corrected chi connectivity index (χ3v) is 7.16. The van der Waals surface area contributed by atoms with Gasteiger partial charge in [0.1, 0.15) is 5.75 Å². The summed E-state index contributed by atoms with van der Waals surface area (Å²) in [6.07, 6.45) is 4.28. The lowest BCUT2D eigenvalue weighted by atomic mass is 9.90. The third kappa shape index (κ3) is 4.30. The zero-order valence-corrected chi connectivity index (χ0v) is 20.0. The molecule has 170 valence electrons. The number of likely N-dealkylation sites (tertiary alicyclic amines) is 1. The SMILES string of the molecule is COc1cccc([C@@H](CN2CCCC2)NC(=O)C2(c3ccc4c(c3)C(C)=NC4)CC2)c1.S. The zero-order valence-electron chi connectivity index (χ0n) is 19.0. The summed E-state index contributed by atoms with van der Waals surface area (Å²) in [5, 5.41) is 3.43. The van der Waals surface area contributed by atoms with Crippen molar-refractivity contribution in [2.24, 2.45) is 4.99 Å². The fraction of sp³-hybridized carbons (Fsp3) is 0.462. The van der Waals surface area contributed by atoms with Gasteiger partial charge in [0.25, 0.3) is 0 Å². The number of nitrogens with one attached hydrogen (secondary N) is 1. The minimum atomic E-state index is -0.403. The minimum Gasteiger partial charge on any atom is -0.497 e. The Bertz CT molecular complexity index is 1030. The number of fused-ring (bicyclic) bond motifs is 1. The highest BCUT2D eigenvalue weighted by molar-refractivity contribution is 7.59. The lowest BCUT2D eigenvalue weighted by Crippen LogP contribution is -2.42. The summed E-state index contributed by atoms with van der Waals surface area (Å²) >= 11 is 0. The van der Waals surface area contributed by atoms with Crippen LogP contribution in [0.4, 0.5) is 0 Å². The fourth-order valence-corrected chi connectivity index (χ4v) is 5.02. The average molecular weight is 452 g/mol. The van der Waals surface area contributed by atoms with Gasteiger partial charge in [-0.2, -0.15) is 13.5 Å². The van der Waals surface area contributed by atoms with E-state index in [4.69, 9.17) is 4.74 Å². The molecule has 5 rings (SSSR count). The van der Waals surface area contributed by atoms with Crippen LogP contribution in [-0.2, 0) is 16.8 Å². The van der Waals surface area contributed by atoms with E-state index in [2.05, 4.69) is 52.5 Å². The van der Waals surface area contributed by atoms with Crippen molar-refractivity contribution in [1.82, 2.24) is 10.2 Å². The van der Waals surface area contributed by atoms with Gasteiger partial charge in [0.2, 0.25) is 5.91 Å². The molecule has 1 N–H and O–H groups in total. The highest BCUT2D eigenvalue weighted by Crippen LogP contribution is 2.49. The molecule has 1 amide bonds. The van der Waals surface area contributed by atoms with Gasteiger partial charge in [0.15, 0.2) is 0 Å². The van der Waals surface area contributed by atoms with E-state index in [9.17, 15) is 4.79 Å². The van der Waals surface area contributed by atoms with E-state index in [1.54, 1.807) is 7.11 Å². The molecule has 2 aromatic carbocycles. The lowest BCUT2D eigenvalue weighted by Gasteiger charge is -2.27. The van der Waals surface area contributed by atoms with Crippen LogP contribution in [-0.4, -0.2) is 43.3 Å². The van der Waals surface area contributed by atoms with E-state index in [0.717, 1.165) is 61.6 Å². The number of hydrogen-bond acceptors (Lipinski definition) is 4. The Balaban J connectivity index is 0.00000245. The first-order valence-corrected chi connectivity index (χ1v) is 11.4. The predicted octanol–water partition coefficient (Wildman–Crippen LogP) is 4.12. The van der Waals surface area contributed by atoms with Crippen LogP contribution in [0.5, 0.6) is 5.75 Å². The predicted molar refractivity (Wildman–Crippen MR) is 133 cm³/mol. The van der Waals surface area contributed by atoms with Crippen LogP contribution in [0.2, 0.25) is 0 Å². The Morgan fingerprint density at radius 2 is 1.97 bits per heavy atom. The maximum absolute atomic E-state index is 13.6. The third-order valence-electron chi connectivity index (χ3n) is 7.16. The van der Waals surface area contributed by atoms with E-state index >= 15 is 0 Å². The number of carbonyl (C=O) groups excluding carboxylic acids is 1. The Hall–Kier alpha value is -2.31. The molecule has 0 bridgehead atoms. The van der Waals surface area contributed by atoms with Gasteiger partial charge in [-0.25, -0.2) is 0 Å². The number of carbonyl (C=O) groups is 1. The van der Waals surface area contributed by atoms with Crippen molar-refractivity contribution < 1.29 is 9.53 Å². The topological polar surface area (TPSA) is 53.9 Å². The molecule has 32 heavy (non-hydrogen) atoms. The van der Waals surface area contributed by atoms with Gasteiger partial charge in [-0.15, -0.1) is 0 Å². The molecule has 0 radical (unpaired) electrons. The first kappa shape index (κ1) is 22.9. The van der Waals surface area contributed by atoms with Gasteiger partial charge in [-0.3, -0.25) is 9.79 Å². The average Bonchev–Trinajstić information content (AvgIpc) is 3.30. The highest BCUT2D eigenvalue weighted by atomic mass is 32.1. The molecule has 1 atom stereocenters. The van der Waals surface area contributed by atoms with Gasteiger partial charge in [0.05, 0.1) is 25.1 Å². The molecular formula is C26H33N3O2S. The van der Waals surface area contributed by atoms with Crippen molar-refractivity contribution in [2.75, 3.05) is 26.7 Å². The fourth-order valence-electron chi connectivity index (χ4n) is 5.02. The number of methoxy groups -OCH3 is 1. The van der Waals surface area contributed by atoms with E-state index in [1.807, 2.05) is 12.1 Å². The lowest BCUT2D eigenvalue weighted by molar-refractivity contribution is -0.124. The highest BCUT2D eigenvalue weighted by Gasteiger charge is 2.52. The molecular weight excluding hydrogens is 418 g/mol. The summed E-state index contributed by atoms with van der Waals surface area (Å²) in [4.78, 5) is 20.6. The van der Waals surface area contributed by atoms with Gasteiger partial charge in [-0.1, -0.05) is 24.3 Å². The molecule has 0 unspecified atom stereocenters. The van der Waals surface area contributed by atoms with Crippen molar-refractivity contribution in [1.29, 1.82) is 0 Å². The molecule has 2 fully saturated rings. The van der Waals surface area contributed by atoms with Gasteiger partial charge >= 0.3 is 0 Å². The first-order chi connectivity index (χ1) is 15.1. The molecule has 1 saturated carbocycles. The number of rotatable bonds is 7. The maximum Gasteiger partial charge on any atom is 0.231 e. The summed E-state index contributed by atoms with van der Waals surface area (Å²) in [6, 6.07) is 14.6. The van der Waals surface area contributed by atoms with E-state index in [0.29, 0.717) is 0 Å². The van der Waals surface area contributed by atoms with Gasteiger partial charge < -0.3 is 15.0 Å². The normalized spacial score (nSPS) is 19.5. The Kier molecular flexibility index (Phi) is 6.63. The summed E-state index contributed by atoms with van der Waals surface area (Å²) in [6.45, 7) is 5.86. The number of hydrogen-bond donors (Lipinski definition) is 1. The van der Waals surface area contributed by atoms with E-state index in [-0.39, 0.29) is 25.4 Å². The summed E-state index contributed by atoms with van der Waals surface area (Å²) in [7, 11) is 1.69. The Morgan fingerprint density at radius 3 is 2.69 bits per heavy atom. The monoisotopic (exact) mass is 451 g/mol.